The molecular formula is C11H17NRu+. The Balaban J connectivity index is 0.00000144. The standard InChI is InChI=1S/C11H17N.Ru/c1-10(12(2,3)4)11-8-6-5-7-9-11;/h5-8,10H,1-4H3;/q;+1. The maximum absolute atomic E-state index is 3.26. The summed E-state index contributed by atoms with van der Waals surface area (Å²) in [7, 11) is 6.60. The van der Waals surface area contributed by atoms with Gasteiger partial charge >= 0.3 is 19.5 Å². The quantitative estimate of drug-likeness (QED) is 0.437. The van der Waals surface area contributed by atoms with Gasteiger partial charge < -0.3 is 4.48 Å². The zero-order valence-electron chi connectivity index (χ0n) is 8.69. The van der Waals surface area contributed by atoms with Crippen LogP contribution in [0.4, 0.5) is 0 Å². The van der Waals surface area contributed by atoms with Crippen molar-refractivity contribution in [3.05, 3.63) is 35.9 Å². The monoisotopic (exact) mass is 265 g/mol. The molecule has 0 saturated carbocycles. The fourth-order valence-electron chi connectivity index (χ4n) is 1.08. The molecule has 0 aromatic heterocycles. The number of rotatable bonds is 2. The summed E-state index contributed by atoms with van der Waals surface area (Å²) in [6, 6.07) is 11.9. The second kappa shape index (κ2) is 4.88. The van der Waals surface area contributed by atoms with Crippen molar-refractivity contribution in [3.63, 3.8) is 0 Å². The second-order valence-corrected chi connectivity index (χ2v) is 4.11. The molecule has 1 rings (SSSR count). The Kier molecular flexibility index (Phi) is 4.81. The van der Waals surface area contributed by atoms with E-state index in [1.807, 2.05) is 12.1 Å². The third-order valence-corrected chi connectivity index (χ3v) is 2.35. The van der Waals surface area contributed by atoms with E-state index < -0.39 is 0 Å². The molecule has 2 heteroatoms. The van der Waals surface area contributed by atoms with Crippen LogP contribution in [0.2, 0.25) is 0 Å². The van der Waals surface area contributed by atoms with Gasteiger partial charge in [0.05, 0.1) is 27.2 Å². The molecule has 1 aromatic carbocycles. The maximum Gasteiger partial charge on any atom is 1.00 e. The van der Waals surface area contributed by atoms with E-state index in [1.165, 1.54) is 5.56 Å². The average molecular weight is 264 g/mol. The molecule has 1 radical (unpaired) electrons. The van der Waals surface area contributed by atoms with Gasteiger partial charge in [-0.2, -0.15) is 30.3 Å². The van der Waals surface area contributed by atoms with Gasteiger partial charge in [-0.3, -0.25) is 0 Å². The van der Waals surface area contributed by atoms with Gasteiger partial charge in [0, 0.05) is 0 Å². The van der Waals surface area contributed by atoms with E-state index in [2.05, 4.69) is 46.3 Å². The summed E-state index contributed by atoms with van der Waals surface area (Å²) in [5, 5.41) is 0. The Labute approximate surface area is 94.1 Å². The third kappa shape index (κ3) is 3.58. The van der Waals surface area contributed by atoms with E-state index in [9.17, 15) is 0 Å². The van der Waals surface area contributed by atoms with Crippen LogP contribution in [0.3, 0.4) is 0 Å². The molecule has 1 unspecified atom stereocenters. The summed E-state index contributed by atoms with van der Waals surface area (Å²) in [5.41, 5.74) is 1.28. The van der Waals surface area contributed by atoms with Crippen LogP contribution in [0.15, 0.2) is 24.3 Å². The van der Waals surface area contributed by atoms with Crippen LogP contribution in [0.1, 0.15) is 18.5 Å². The van der Waals surface area contributed by atoms with E-state index in [0.29, 0.717) is 6.04 Å². The molecule has 0 amide bonds. The number of hydrogen-bond donors (Lipinski definition) is 0. The zero-order valence-corrected chi connectivity index (χ0v) is 10.4. The summed E-state index contributed by atoms with van der Waals surface area (Å²) in [6.07, 6.45) is 0. The molecule has 13 heavy (non-hydrogen) atoms. The molecule has 0 aliphatic heterocycles. The fourth-order valence-corrected chi connectivity index (χ4v) is 1.08. The summed E-state index contributed by atoms with van der Waals surface area (Å²) in [4.78, 5) is 0. The molecule has 1 aromatic rings. The normalized spacial score (nSPS) is 13.2. The Hall–Kier alpha value is -0.197. The van der Waals surface area contributed by atoms with E-state index >= 15 is 0 Å². The largest absolute Gasteiger partial charge is 1.00 e. The Morgan fingerprint density at radius 3 is 2.23 bits per heavy atom. The van der Waals surface area contributed by atoms with Gasteiger partial charge in [0.15, 0.2) is 0 Å². The molecule has 73 valence electrons. The first-order valence-electron chi connectivity index (χ1n) is 4.29. The van der Waals surface area contributed by atoms with E-state index in [-0.39, 0.29) is 19.5 Å². The molecule has 0 bridgehead atoms. The van der Waals surface area contributed by atoms with Crippen LogP contribution in [0.5, 0.6) is 0 Å². The molecule has 0 fully saturated rings. The van der Waals surface area contributed by atoms with Gasteiger partial charge in [-0.05, 0) is 6.92 Å². The van der Waals surface area contributed by atoms with Crippen LogP contribution >= 0.6 is 0 Å². The van der Waals surface area contributed by atoms with Gasteiger partial charge in [-0.1, -0.05) is 0 Å². The first-order valence-corrected chi connectivity index (χ1v) is 4.29. The van der Waals surface area contributed by atoms with Gasteiger partial charge in [-0.15, -0.1) is 5.56 Å². The number of benzene rings is 1. The van der Waals surface area contributed by atoms with Crippen LogP contribution in [-0.2, 0) is 19.5 Å². The van der Waals surface area contributed by atoms with Crippen LogP contribution in [0.25, 0.3) is 0 Å². The molecular weight excluding hydrogens is 247 g/mol. The Morgan fingerprint density at radius 2 is 1.85 bits per heavy atom. The Morgan fingerprint density at radius 1 is 1.23 bits per heavy atom. The third-order valence-electron chi connectivity index (χ3n) is 2.35. The predicted octanol–water partition coefficient (Wildman–Crippen LogP) is 2.25. The fraction of sp³-hybridized carbons (Fsp3) is 0.455. The summed E-state index contributed by atoms with van der Waals surface area (Å²) in [6.45, 7) is 2.23. The minimum Gasteiger partial charge on any atom is -0.327 e. The van der Waals surface area contributed by atoms with Gasteiger partial charge in [-0.25, -0.2) is 0 Å². The smallest absolute Gasteiger partial charge is 0.327 e. The summed E-state index contributed by atoms with van der Waals surface area (Å²) >= 11 is 0. The second-order valence-electron chi connectivity index (χ2n) is 4.11. The topological polar surface area (TPSA) is 0 Å². The number of quaternary nitrogens is 1. The van der Waals surface area contributed by atoms with Crippen LogP contribution in [-0.4, -0.2) is 25.6 Å². The van der Waals surface area contributed by atoms with E-state index in [4.69, 9.17) is 0 Å². The molecule has 0 heterocycles. The molecule has 0 aliphatic carbocycles. The van der Waals surface area contributed by atoms with Crippen molar-refractivity contribution in [1.29, 1.82) is 0 Å². The number of nitrogens with zero attached hydrogens (tertiary/aromatic N) is 1. The number of hydrogen-bond acceptors (Lipinski definition) is 0. The molecule has 0 N–H and O–H groups in total. The molecule has 0 saturated heterocycles. The van der Waals surface area contributed by atoms with Crippen molar-refractivity contribution >= 4 is 0 Å². The maximum atomic E-state index is 3.26. The first kappa shape index (κ1) is 12.8. The van der Waals surface area contributed by atoms with Gasteiger partial charge in [0.1, 0.15) is 0 Å². The van der Waals surface area contributed by atoms with Gasteiger partial charge in [0.2, 0.25) is 0 Å². The van der Waals surface area contributed by atoms with Crippen molar-refractivity contribution in [2.24, 2.45) is 0 Å². The van der Waals surface area contributed by atoms with Crippen molar-refractivity contribution < 1.29 is 24.0 Å². The minimum absolute atomic E-state index is 0. The van der Waals surface area contributed by atoms with Crippen molar-refractivity contribution in [3.8, 4) is 0 Å². The summed E-state index contributed by atoms with van der Waals surface area (Å²) < 4.78 is 0.945. The zero-order chi connectivity index (χ0) is 9.19. The molecule has 1 atom stereocenters. The Bertz CT molecular complexity index is 238. The average Bonchev–Trinajstić information content (AvgIpc) is 2.03. The van der Waals surface area contributed by atoms with Crippen LogP contribution in [0, 0.1) is 6.07 Å². The minimum atomic E-state index is 0. The molecule has 1 nitrogen and oxygen atoms in total. The molecule has 0 spiro atoms. The first-order chi connectivity index (χ1) is 5.52. The predicted molar refractivity (Wildman–Crippen MR) is 51.7 cm³/mol. The van der Waals surface area contributed by atoms with Crippen molar-refractivity contribution in [1.82, 2.24) is 0 Å². The van der Waals surface area contributed by atoms with Crippen molar-refractivity contribution in [2.75, 3.05) is 21.1 Å². The van der Waals surface area contributed by atoms with E-state index in [0.717, 1.165) is 4.48 Å². The van der Waals surface area contributed by atoms with Crippen LogP contribution < -0.4 is 0 Å². The van der Waals surface area contributed by atoms with Crippen molar-refractivity contribution in [2.45, 2.75) is 13.0 Å². The van der Waals surface area contributed by atoms with Gasteiger partial charge in [0.25, 0.3) is 0 Å². The summed E-state index contributed by atoms with van der Waals surface area (Å²) in [5.74, 6) is 0. The van der Waals surface area contributed by atoms with E-state index in [1.54, 1.807) is 0 Å². The molecule has 0 aliphatic rings. The SMILES string of the molecule is CC(c1[c-]cccc1)[N+](C)(C)C.[Ru+].